The number of nitrogens with zero attached hydrogens (tertiary/aromatic N) is 1. The molecule has 5 heteroatoms. The average molecular weight is 266 g/mol. The van der Waals surface area contributed by atoms with Gasteiger partial charge in [-0.05, 0) is 44.6 Å². The minimum absolute atomic E-state index is 0.290. The Kier molecular flexibility index (Phi) is 4.37. The first-order chi connectivity index (χ1) is 9.08. The number of rotatable bonds is 4. The Balaban J connectivity index is 1.99. The number of benzene rings is 1. The van der Waals surface area contributed by atoms with Gasteiger partial charge >= 0.3 is 5.97 Å². The van der Waals surface area contributed by atoms with Crippen LogP contribution in [-0.2, 0) is 0 Å². The Morgan fingerprint density at radius 1 is 1.53 bits per heavy atom. The molecule has 0 aliphatic carbocycles. The van der Waals surface area contributed by atoms with Crippen molar-refractivity contribution in [3.8, 4) is 0 Å². The molecular weight excluding hydrogens is 247 g/mol. The van der Waals surface area contributed by atoms with Gasteiger partial charge in [0.05, 0.1) is 5.56 Å². The van der Waals surface area contributed by atoms with Crippen molar-refractivity contribution >= 4 is 11.7 Å². The Hall–Kier alpha value is -1.62. The van der Waals surface area contributed by atoms with E-state index < -0.39 is 11.8 Å². The summed E-state index contributed by atoms with van der Waals surface area (Å²) in [6.45, 7) is 1.84. The number of nitrogens with one attached hydrogen (secondary N) is 1. The molecule has 0 bridgehead atoms. The van der Waals surface area contributed by atoms with Crippen molar-refractivity contribution in [3.05, 3.63) is 29.6 Å². The van der Waals surface area contributed by atoms with Crippen LogP contribution in [0.2, 0.25) is 0 Å². The summed E-state index contributed by atoms with van der Waals surface area (Å²) in [5, 5.41) is 12.1. The second kappa shape index (κ2) is 6.02. The van der Waals surface area contributed by atoms with Gasteiger partial charge in [-0.1, -0.05) is 6.42 Å². The van der Waals surface area contributed by atoms with Crippen LogP contribution in [0, 0.1) is 5.82 Å². The highest BCUT2D eigenvalue weighted by Crippen LogP contribution is 2.18. The second-order valence-electron chi connectivity index (χ2n) is 5.01. The van der Waals surface area contributed by atoms with Crippen LogP contribution in [0.4, 0.5) is 10.1 Å². The van der Waals surface area contributed by atoms with Crippen molar-refractivity contribution in [2.75, 3.05) is 25.5 Å². The van der Waals surface area contributed by atoms with E-state index in [0.29, 0.717) is 11.7 Å². The van der Waals surface area contributed by atoms with Crippen LogP contribution in [0.3, 0.4) is 0 Å². The minimum atomic E-state index is -1.24. The molecule has 0 radical (unpaired) electrons. The van der Waals surface area contributed by atoms with Crippen LogP contribution >= 0.6 is 0 Å². The number of carboxylic acid groups (broad SMARTS) is 1. The standard InChI is InChI=1S/C14H19FN2O2/c1-17-7-3-2-4-11(17)9-16-10-5-6-13(15)12(8-10)14(18)19/h5-6,8,11,16H,2-4,7,9H2,1H3,(H,18,19). The third-order valence-corrected chi connectivity index (χ3v) is 3.66. The number of hydrogen-bond donors (Lipinski definition) is 2. The van der Waals surface area contributed by atoms with E-state index in [9.17, 15) is 9.18 Å². The molecule has 0 amide bonds. The highest BCUT2D eigenvalue weighted by molar-refractivity contribution is 5.89. The van der Waals surface area contributed by atoms with Gasteiger partial charge in [0.15, 0.2) is 0 Å². The molecule has 1 heterocycles. The smallest absolute Gasteiger partial charge is 0.338 e. The number of aromatic carboxylic acids is 1. The molecule has 1 aromatic carbocycles. The Bertz CT molecular complexity index is 465. The first-order valence-corrected chi connectivity index (χ1v) is 6.55. The van der Waals surface area contributed by atoms with Gasteiger partial charge in [0.1, 0.15) is 5.82 Å². The fraction of sp³-hybridized carbons (Fsp3) is 0.500. The molecule has 1 atom stereocenters. The lowest BCUT2D eigenvalue weighted by molar-refractivity contribution is 0.0692. The van der Waals surface area contributed by atoms with E-state index in [1.807, 2.05) is 0 Å². The first-order valence-electron chi connectivity index (χ1n) is 6.55. The summed E-state index contributed by atoms with van der Waals surface area (Å²) in [5.41, 5.74) is 0.361. The molecule has 1 aliphatic heterocycles. The molecule has 104 valence electrons. The molecule has 1 aromatic rings. The van der Waals surface area contributed by atoms with Crippen molar-refractivity contribution in [1.82, 2.24) is 4.90 Å². The number of piperidine rings is 1. The van der Waals surface area contributed by atoms with Gasteiger partial charge in [-0.3, -0.25) is 0 Å². The third-order valence-electron chi connectivity index (χ3n) is 3.66. The maximum absolute atomic E-state index is 13.3. The van der Waals surface area contributed by atoms with Crippen LogP contribution < -0.4 is 5.32 Å². The number of likely N-dealkylation sites (N-methyl/N-ethyl adjacent to an activating group) is 1. The fourth-order valence-corrected chi connectivity index (χ4v) is 2.44. The van der Waals surface area contributed by atoms with Crippen LogP contribution in [0.15, 0.2) is 18.2 Å². The van der Waals surface area contributed by atoms with E-state index in [4.69, 9.17) is 5.11 Å². The third kappa shape index (κ3) is 3.44. The number of likely N-dealkylation sites (tertiary alicyclic amines) is 1. The van der Waals surface area contributed by atoms with Gasteiger partial charge in [0, 0.05) is 18.3 Å². The quantitative estimate of drug-likeness (QED) is 0.878. The largest absolute Gasteiger partial charge is 0.478 e. The SMILES string of the molecule is CN1CCCCC1CNc1ccc(F)c(C(=O)O)c1. The molecule has 1 unspecified atom stereocenters. The van der Waals surface area contributed by atoms with Gasteiger partial charge in [-0.25, -0.2) is 9.18 Å². The van der Waals surface area contributed by atoms with Crippen LogP contribution in [0.1, 0.15) is 29.6 Å². The summed E-state index contributed by atoms with van der Waals surface area (Å²) in [4.78, 5) is 13.2. The van der Waals surface area contributed by atoms with Crippen LogP contribution in [0.5, 0.6) is 0 Å². The maximum atomic E-state index is 13.3. The summed E-state index contributed by atoms with van der Waals surface area (Å²) < 4.78 is 13.3. The van der Waals surface area contributed by atoms with E-state index in [1.54, 1.807) is 6.07 Å². The van der Waals surface area contributed by atoms with Gasteiger partial charge in [0.25, 0.3) is 0 Å². The Morgan fingerprint density at radius 2 is 2.32 bits per heavy atom. The highest BCUT2D eigenvalue weighted by atomic mass is 19.1. The number of carboxylic acids is 1. The van der Waals surface area contributed by atoms with Gasteiger partial charge in [-0.2, -0.15) is 0 Å². The summed E-state index contributed by atoms with van der Waals surface area (Å²) in [7, 11) is 2.10. The zero-order valence-corrected chi connectivity index (χ0v) is 11.0. The van der Waals surface area contributed by atoms with E-state index in [1.165, 1.54) is 25.0 Å². The molecule has 1 saturated heterocycles. The minimum Gasteiger partial charge on any atom is -0.478 e. The predicted octanol–water partition coefficient (Wildman–Crippen LogP) is 2.42. The van der Waals surface area contributed by atoms with E-state index in [2.05, 4.69) is 17.3 Å². The summed E-state index contributed by atoms with van der Waals surface area (Å²) in [6, 6.07) is 4.56. The number of anilines is 1. The lowest BCUT2D eigenvalue weighted by Crippen LogP contribution is -2.40. The van der Waals surface area contributed by atoms with Crippen molar-refractivity contribution in [2.45, 2.75) is 25.3 Å². The Labute approximate surface area is 112 Å². The summed E-state index contributed by atoms with van der Waals surface area (Å²) in [5.74, 6) is -1.94. The number of carbonyl (C=O) groups is 1. The predicted molar refractivity (Wildman–Crippen MR) is 72.1 cm³/mol. The fourth-order valence-electron chi connectivity index (χ4n) is 2.44. The number of hydrogen-bond acceptors (Lipinski definition) is 3. The molecule has 2 N–H and O–H groups in total. The lowest BCUT2D eigenvalue weighted by atomic mass is 10.0. The Morgan fingerprint density at radius 3 is 3.00 bits per heavy atom. The molecule has 0 aromatic heterocycles. The van der Waals surface area contributed by atoms with Crippen molar-refractivity contribution in [2.24, 2.45) is 0 Å². The molecule has 1 fully saturated rings. The van der Waals surface area contributed by atoms with Gasteiger partial charge in [0.2, 0.25) is 0 Å². The monoisotopic (exact) mass is 266 g/mol. The van der Waals surface area contributed by atoms with Crippen LogP contribution in [-0.4, -0.2) is 42.2 Å². The normalized spacial score (nSPS) is 20.2. The lowest BCUT2D eigenvalue weighted by Gasteiger charge is -2.32. The summed E-state index contributed by atoms with van der Waals surface area (Å²) >= 11 is 0. The molecule has 19 heavy (non-hydrogen) atoms. The van der Waals surface area contributed by atoms with Crippen LogP contribution in [0.25, 0.3) is 0 Å². The maximum Gasteiger partial charge on any atom is 0.338 e. The van der Waals surface area contributed by atoms with E-state index in [0.717, 1.165) is 19.5 Å². The van der Waals surface area contributed by atoms with Crippen molar-refractivity contribution < 1.29 is 14.3 Å². The van der Waals surface area contributed by atoms with Crippen molar-refractivity contribution in [3.63, 3.8) is 0 Å². The molecule has 1 aliphatic rings. The molecule has 0 spiro atoms. The molecule has 2 rings (SSSR count). The highest BCUT2D eigenvalue weighted by Gasteiger charge is 2.18. The average Bonchev–Trinajstić information content (AvgIpc) is 2.39. The van der Waals surface area contributed by atoms with E-state index in [-0.39, 0.29) is 5.56 Å². The number of halogens is 1. The molecular formula is C14H19FN2O2. The zero-order chi connectivity index (χ0) is 13.8. The van der Waals surface area contributed by atoms with Gasteiger partial charge < -0.3 is 15.3 Å². The topological polar surface area (TPSA) is 52.6 Å². The van der Waals surface area contributed by atoms with Crippen molar-refractivity contribution in [1.29, 1.82) is 0 Å². The van der Waals surface area contributed by atoms with Gasteiger partial charge in [-0.15, -0.1) is 0 Å². The summed E-state index contributed by atoms with van der Waals surface area (Å²) in [6.07, 6.45) is 3.59. The second-order valence-corrected chi connectivity index (χ2v) is 5.01. The molecule has 0 saturated carbocycles. The molecule has 4 nitrogen and oxygen atoms in total. The van der Waals surface area contributed by atoms with E-state index >= 15 is 0 Å². The zero-order valence-electron chi connectivity index (χ0n) is 11.0. The first kappa shape index (κ1) is 13.8.